The van der Waals surface area contributed by atoms with Crippen molar-refractivity contribution in [1.29, 1.82) is 0 Å². The first-order chi connectivity index (χ1) is 6.29. The van der Waals surface area contributed by atoms with E-state index in [-0.39, 0.29) is 5.59 Å². The predicted octanol–water partition coefficient (Wildman–Crippen LogP) is -1.30. The van der Waals surface area contributed by atoms with Gasteiger partial charge in [-0.3, -0.25) is 4.98 Å². The molecule has 0 aliphatic rings. The minimum Gasteiger partial charge on any atom is -0.422 e. The van der Waals surface area contributed by atoms with Crippen molar-refractivity contribution in [2.75, 3.05) is 0 Å². The van der Waals surface area contributed by atoms with E-state index >= 15 is 0 Å². The van der Waals surface area contributed by atoms with E-state index < -0.39 is 7.12 Å². The summed E-state index contributed by atoms with van der Waals surface area (Å²) < 4.78 is 0. The molecule has 2 rings (SSSR count). The molecule has 0 atom stereocenters. The highest BCUT2D eigenvalue weighted by Crippen LogP contribution is 2.05. The fourth-order valence-corrected chi connectivity index (χ4v) is 1.15. The predicted molar refractivity (Wildman–Crippen MR) is 47.2 cm³/mol. The van der Waals surface area contributed by atoms with Crippen LogP contribution in [0.4, 0.5) is 0 Å². The Morgan fingerprint density at radius 2 is 1.92 bits per heavy atom. The van der Waals surface area contributed by atoms with Gasteiger partial charge < -0.3 is 10.0 Å². The van der Waals surface area contributed by atoms with Crippen LogP contribution in [-0.4, -0.2) is 32.3 Å². The molecule has 0 saturated carbocycles. The van der Waals surface area contributed by atoms with E-state index in [1.54, 1.807) is 12.3 Å². The molecule has 0 bridgehead atoms. The lowest BCUT2D eigenvalue weighted by atomic mass is 9.83. The van der Waals surface area contributed by atoms with Crippen LogP contribution < -0.4 is 5.59 Å². The number of rotatable bonds is 1. The molecule has 0 aliphatic carbocycles. The second-order valence-electron chi connectivity index (χ2n) is 2.56. The summed E-state index contributed by atoms with van der Waals surface area (Å²) in [4.78, 5) is 3.84. The Morgan fingerprint density at radius 1 is 1.15 bits per heavy atom. The quantitative estimate of drug-likeness (QED) is 0.526. The van der Waals surface area contributed by atoms with Crippen LogP contribution in [0.3, 0.4) is 0 Å². The number of nitrogens with zero attached hydrogens (tertiary/aromatic N) is 3. The van der Waals surface area contributed by atoms with Crippen LogP contribution in [0.1, 0.15) is 0 Å². The number of hydrogen-bond donors (Lipinski definition) is 2. The SMILES string of the molecule is OB(O)c1nccc2cnncc12. The van der Waals surface area contributed by atoms with Crippen molar-refractivity contribution in [3.05, 3.63) is 24.7 Å². The molecule has 0 unspecified atom stereocenters. The molecule has 0 radical (unpaired) electrons. The van der Waals surface area contributed by atoms with Gasteiger partial charge in [-0.2, -0.15) is 10.2 Å². The van der Waals surface area contributed by atoms with E-state index in [0.29, 0.717) is 5.39 Å². The monoisotopic (exact) mass is 175 g/mol. The van der Waals surface area contributed by atoms with E-state index in [4.69, 9.17) is 10.0 Å². The summed E-state index contributed by atoms with van der Waals surface area (Å²) in [5, 5.41) is 26.6. The van der Waals surface area contributed by atoms with Crippen molar-refractivity contribution in [1.82, 2.24) is 15.2 Å². The summed E-state index contributed by atoms with van der Waals surface area (Å²) in [6.45, 7) is 0. The summed E-state index contributed by atoms with van der Waals surface area (Å²) in [5.41, 5.74) is 0.201. The molecular formula is C7H6BN3O2. The fourth-order valence-electron chi connectivity index (χ4n) is 1.15. The third-order valence-corrected chi connectivity index (χ3v) is 1.75. The van der Waals surface area contributed by atoms with Gasteiger partial charge in [-0.25, -0.2) is 0 Å². The van der Waals surface area contributed by atoms with Crippen LogP contribution in [0, 0.1) is 0 Å². The largest absolute Gasteiger partial charge is 0.508 e. The molecule has 0 fully saturated rings. The van der Waals surface area contributed by atoms with Gasteiger partial charge in [0.1, 0.15) is 0 Å². The van der Waals surface area contributed by atoms with Gasteiger partial charge in [-0.15, -0.1) is 0 Å². The van der Waals surface area contributed by atoms with Crippen molar-refractivity contribution in [2.45, 2.75) is 0 Å². The highest BCUT2D eigenvalue weighted by atomic mass is 16.4. The van der Waals surface area contributed by atoms with Crippen LogP contribution in [0.5, 0.6) is 0 Å². The second kappa shape index (κ2) is 3.08. The van der Waals surface area contributed by atoms with Gasteiger partial charge in [0.25, 0.3) is 0 Å². The Balaban J connectivity index is 2.76. The maximum atomic E-state index is 8.97. The Labute approximate surface area is 74.2 Å². The lowest BCUT2D eigenvalue weighted by molar-refractivity contribution is 0.424. The maximum Gasteiger partial charge on any atom is 0.508 e. The van der Waals surface area contributed by atoms with Gasteiger partial charge >= 0.3 is 7.12 Å². The van der Waals surface area contributed by atoms with Gasteiger partial charge in [-0.1, -0.05) is 0 Å². The Hall–Kier alpha value is -1.53. The zero-order chi connectivity index (χ0) is 9.26. The minimum absolute atomic E-state index is 0.201. The zero-order valence-corrected chi connectivity index (χ0v) is 6.62. The molecular weight excluding hydrogens is 169 g/mol. The summed E-state index contributed by atoms with van der Waals surface area (Å²) in [6.07, 6.45) is 4.50. The number of pyridine rings is 1. The van der Waals surface area contributed by atoms with Crippen molar-refractivity contribution >= 4 is 23.5 Å². The minimum atomic E-state index is -1.58. The van der Waals surface area contributed by atoms with E-state index in [2.05, 4.69) is 15.2 Å². The second-order valence-corrected chi connectivity index (χ2v) is 2.56. The summed E-state index contributed by atoms with van der Waals surface area (Å²) >= 11 is 0. The highest BCUT2D eigenvalue weighted by molar-refractivity contribution is 6.60. The number of hydrogen-bond acceptors (Lipinski definition) is 5. The molecule has 0 spiro atoms. The van der Waals surface area contributed by atoms with Gasteiger partial charge in [-0.05, 0) is 6.07 Å². The Morgan fingerprint density at radius 3 is 2.69 bits per heavy atom. The maximum absolute atomic E-state index is 8.97. The van der Waals surface area contributed by atoms with Crippen LogP contribution >= 0.6 is 0 Å². The Bertz CT molecular complexity index is 430. The van der Waals surface area contributed by atoms with Crippen molar-refractivity contribution in [3.8, 4) is 0 Å². The lowest BCUT2D eigenvalue weighted by Gasteiger charge is -2.01. The first-order valence-corrected chi connectivity index (χ1v) is 3.70. The topological polar surface area (TPSA) is 79.1 Å². The van der Waals surface area contributed by atoms with Crippen molar-refractivity contribution in [2.24, 2.45) is 0 Å². The number of fused-ring (bicyclic) bond motifs is 1. The molecule has 2 N–H and O–H groups in total. The van der Waals surface area contributed by atoms with E-state index in [1.807, 2.05) is 0 Å². The Kier molecular flexibility index (Phi) is 1.92. The van der Waals surface area contributed by atoms with Crippen LogP contribution in [0.15, 0.2) is 24.7 Å². The molecule has 0 aliphatic heterocycles. The molecule has 2 heterocycles. The zero-order valence-electron chi connectivity index (χ0n) is 6.62. The van der Waals surface area contributed by atoms with Crippen LogP contribution in [0.25, 0.3) is 10.8 Å². The summed E-state index contributed by atoms with van der Waals surface area (Å²) in [7, 11) is -1.58. The van der Waals surface area contributed by atoms with Crippen LogP contribution in [-0.2, 0) is 0 Å². The van der Waals surface area contributed by atoms with Crippen molar-refractivity contribution in [3.63, 3.8) is 0 Å². The molecule has 5 nitrogen and oxygen atoms in total. The molecule has 0 saturated heterocycles. The molecule has 64 valence electrons. The fraction of sp³-hybridized carbons (Fsp3) is 0. The molecule has 0 aromatic carbocycles. The standard InChI is InChI=1S/C7H6BN3O2/c12-8(13)7-6-4-11-10-3-5(6)1-2-9-7/h1-4,12-13H. The molecule has 6 heteroatoms. The number of aromatic nitrogens is 3. The van der Waals surface area contributed by atoms with E-state index in [9.17, 15) is 0 Å². The van der Waals surface area contributed by atoms with Gasteiger partial charge in [0, 0.05) is 17.0 Å². The average Bonchev–Trinajstić information content (AvgIpc) is 2.17. The molecule has 2 aromatic rings. The van der Waals surface area contributed by atoms with E-state index in [0.717, 1.165) is 5.39 Å². The highest BCUT2D eigenvalue weighted by Gasteiger charge is 2.16. The van der Waals surface area contributed by atoms with E-state index in [1.165, 1.54) is 12.4 Å². The third-order valence-electron chi connectivity index (χ3n) is 1.75. The normalized spacial score (nSPS) is 10.3. The molecule has 2 aromatic heterocycles. The third kappa shape index (κ3) is 1.37. The van der Waals surface area contributed by atoms with Gasteiger partial charge in [0.05, 0.1) is 18.0 Å². The molecule has 0 amide bonds. The van der Waals surface area contributed by atoms with Crippen molar-refractivity contribution < 1.29 is 10.0 Å². The first-order valence-electron chi connectivity index (χ1n) is 3.70. The molecule has 13 heavy (non-hydrogen) atoms. The first kappa shape index (κ1) is 8.09. The summed E-state index contributed by atoms with van der Waals surface area (Å²) in [5.74, 6) is 0. The summed E-state index contributed by atoms with van der Waals surface area (Å²) in [6, 6.07) is 1.73. The van der Waals surface area contributed by atoms with Crippen LogP contribution in [0.2, 0.25) is 0 Å². The van der Waals surface area contributed by atoms with Gasteiger partial charge in [0.2, 0.25) is 0 Å². The smallest absolute Gasteiger partial charge is 0.422 e. The lowest BCUT2D eigenvalue weighted by Crippen LogP contribution is -2.33. The van der Waals surface area contributed by atoms with Gasteiger partial charge in [0.15, 0.2) is 0 Å². The average molecular weight is 175 g/mol.